The Kier molecular flexibility index (Phi) is 3.82. The van der Waals surface area contributed by atoms with Crippen molar-refractivity contribution in [2.45, 2.75) is 44.8 Å². The maximum absolute atomic E-state index is 11.9. The molecule has 1 saturated carbocycles. The van der Waals surface area contributed by atoms with E-state index >= 15 is 0 Å². The minimum Gasteiger partial charge on any atom is -0.391 e. The summed E-state index contributed by atoms with van der Waals surface area (Å²) in [6.45, 7) is 3.28. The van der Waals surface area contributed by atoms with Crippen LogP contribution in [-0.4, -0.2) is 36.2 Å². The van der Waals surface area contributed by atoms with Gasteiger partial charge in [0.25, 0.3) is 0 Å². The van der Waals surface area contributed by atoms with Crippen LogP contribution in [0.15, 0.2) is 0 Å². The van der Waals surface area contributed by atoms with Gasteiger partial charge in [0.05, 0.1) is 12.1 Å². The summed E-state index contributed by atoms with van der Waals surface area (Å²) in [4.78, 5) is 11.9. The van der Waals surface area contributed by atoms with Crippen LogP contribution in [0.3, 0.4) is 0 Å². The Morgan fingerprint density at radius 1 is 1.56 bits per heavy atom. The van der Waals surface area contributed by atoms with E-state index < -0.39 is 6.10 Å². The lowest BCUT2D eigenvalue weighted by molar-refractivity contribution is -0.124. The number of aliphatic hydroxyl groups excluding tert-OH is 1. The van der Waals surface area contributed by atoms with Gasteiger partial charge in [-0.05, 0) is 37.6 Å². The fourth-order valence-electron chi connectivity index (χ4n) is 2.95. The summed E-state index contributed by atoms with van der Waals surface area (Å²) in [5.41, 5.74) is 0. The lowest BCUT2D eigenvalue weighted by atomic mass is 9.93. The van der Waals surface area contributed by atoms with Crippen LogP contribution in [0, 0.1) is 11.8 Å². The fraction of sp³-hybridized carbons (Fsp3) is 0.917. The van der Waals surface area contributed by atoms with Crippen molar-refractivity contribution in [2.24, 2.45) is 11.8 Å². The van der Waals surface area contributed by atoms with Crippen molar-refractivity contribution >= 4 is 5.91 Å². The van der Waals surface area contributed by atoms with Crippen molar-refractivity contribution in [2.75, 3.05) is 13.1 Å². The Labute approximate surface area is 96.8 Å². The summed E-state index contributed by atoms with van der Waals surface area (Å²) in [5.74, 6) is 1.30. The maximum Gasteiger partial charge on any atom is 0.237 e. The van der Waals surface area contributed by atoms with Gasteiger partial charge in [0, 0.05) is 6.54 Å². The van der Waals surface area contributed by atoms with Gasteiger partial charge >= 0.3 is 0 Å². The van der Waals surface area contributed by atoms with Crippen molar-refractivity contribution in [3.8, 4) is 0 Å². The number of carbonyl (C=O) groups is 1. The molecular weight excluding hydrogens is 204 g/mol. The third-order valence-corrected chi connectivity index (χ3v) is 4.01. The molecule has 0 aromatic heterocycles. The number of carbonyl (C=O) groups excluding carboxylic acids is 1. The molecule has 1 amide bonds. The lowest BCUT2D eigenvalue weighted by Gasteiger charge is -2.18. The van der Waals surface area contributed by atoms with Gasteiger partial charge < -0.3 is 15.7 Å². The highest BCUT2D eigenvalue weighted by atomic mass is 16.3. The average molecular weight is 226 g/mol. The van der Waals surface area contributed by atoms with E-state index in [1.807, 2.05) is 6.92 Å². The molecule has 4 unspecified atom stereocenters. The van der Waals surface area contributed by atoms with Crippen LogP contribution in [0.5, 0.6) is 0 Å². The SMILES string of the molecule is CCC(O)CNC(=O)C1NCC2CCCC21. The summed E-state index contributed by atoms with van der Waals surface area (Å²) >= 11 is 0. The Hall–Kier alpha value is -0.610. The van der Waals surface area contributed by atoms with Crippen LogP contribution in [0.25, 0.3) is 0 Å². The number of rotatable bonds is 4. The quantitative estimate of drug-likeness (QED) is 0.644. The van der Waals surface area contributed by atoms with Crippen molar-refractivity contribution in [3.05, 3.63) is 0 Å². The van der Waals surface area contributed by atoms with Gasteiger partial charge in [-0.3, -0.25) is 4.79 Å². The third kappa shape index (κ3) is 2.38. The first kappa shape index (κ1) is 11.9. The number of amides is 1. The van der Waals surface area contributed by atoms with E-state index in [4.69, 9.17) is 0 Å². The first-order valence-electron chi connectivity index (χ1n) is 6.41. The minimum atomic E-state index is -0.412. The number of aliphatic hydroxyl groups is 1. The summed E-state index contributed by atoms with van der Waals surface area (Å²) in [7, 11) is 0. The van der Waals surface area contributed by atoms with E-state index in [1.165, 1.54) is 19.3 Å². The zero-order valence-electron chi connectivity index (χ0n) is 9.91. The van der Waals surface area contributed by atoms with Gasteiger partial charge in [-0.15, -0.1) is 0 Å². The molecule has 16 heavy (non-hydrogen) atoms. The standard InChI is InChI=1S/C12H22N2O2/c1-2-9(15)7-14-12(16)11-10-5-3-4-8(10)6-13-11/h8-11,13,15H,2-7H2,1H3,(H,14,16). The van der Waals surface area contributed by atoms with Gasteiger partial charge in [0.2, 0.25) is 5.91 Å². The van der Waals surface area contributed by atoms with Gasteiger partial charge in [-0.2, -0.15) is 0 Å². The van der Waals surface area contributed by atoms with E-state index in [2.05, 4.69) is 10.6 Å². The van der Waals surface area contributed by atoms with Gasteiger partial charge in [0.1, 0.15) is 0 Å². The molecule has 2 fully saturated rings. The number of hydrogen-bond donors (Lipinski definition) is 3. The van der Waals surface area contributed by atoms with Gasteiger partial charge in [-0.25, -0.2) is 0 Å². The molecular formula is C12H22N2O2. The van der Waals surface area contributed by atoms with Crippen molar-refractivity contribution in [1.29, 1.82) is 0 Å². The Morgan fingerprint density at radius 2 is 2.38 bits per heavy atom. The second-order valence-corrected chi connectivity index (χ2v) is 5.05. The van der Waals surface area contributed by atoms with Crippen LogP contribution in [-0.2, 0) is 4.79 Å². The predicted octanol–water partition coefficient (Wildman–Crippen LogP) is 0.262. The summed E-state index contributed by atoms with van der Waals surface area (Å²) in [6, 6.07) is -0.0171. The largest absolute Gasteiger partial charge is 0.391 e. The van der Waals surface area contributed by atoms with Crippen LogP contribution < -0.4 is 10.6 Å². The molecule has 4 heteroatoms. The Morgan fingerprint density at radius 3 is 3.12 bits per heavy atom. The second kappa shape index (κ2) is 5.15. The van der Waals surface area contributed by atoms with Crippen LogP contribution in [0.2, 0.25) is 0 Å². The van der Waals surface area contributed by atoms with Crippen LogP contribution in [0.4, 0.5) is 0 Å². The van der Waals surface area contributed by atoms with Crippen molar-refractivity contribution in [1.82, 2.24) is 10.6 Å². The molecule has 1 heterocycles. The average Bonchev–Trinajstić information content (AvgIpc) is 2.86. The molecule has 0 aromatic carbocycles. The van der Waals surface area contributed by atoms with E-state index in [9.17, 15) is 9.90 Å². The molecule has 1 saturated heterocycles. The van der Waals surface area contributed by atoms with Crippen LogP contribution >= 0.6 is 0 Å². The normalized spacial score (nSPS) is 34.8. The van der Waals surface area contributed by atoms with Crippen LogP contribution in [0.1, 0.15) is 32.6 Å². The molecule has 2 aliphatic rings. The zero-order chi connectivity index (χ0) is 11.5. The van der Waals surface area contributed by atoms with E-state index in [-0.39, 0.29) is 11.9 Å². The third-order valence-electron chi connectivity index (χ3n) is 4.01. The molecule has 4 nitrogen and oxygen atoms in total. The zero-order valence-corrected chi connectivity index (χ0v) is 9.91. The second-order valence-electron chi connectivity index (χ2n) is 5.05. The highest BCUT2D eigenvalue weighted by molar-refractivity contribution is 5.82. The number of hydrogen-bond acceptors (Lipinski definition) is 3. The molecule has 92 valence electrons. The summed E-state index contributed by atoms with van der Waals surface area (Å²) in [6.07, 6.45) is 3.97. The maximum atomic E-state index is 11.9. The molecule has 0 aromatic rings. The van der Waals surface area contributed by atoms with Crippen molar-refractivity contribution < 1.29 is 9.90 Å². The molecule has 2 rings (SSSR count). The highest BCUT2D eigenvalue weighted by Gasteiger charge is 2.42. The predicted molar refractivity (Wildman–Crippen MR) is 61.9 cm³/mol. The first-order valence-corrected chi connectivity index (χ1v) is 6.41. The monoisotopic (exact) mass is 226 g/mol. The van der Waals surface area contributed by atoms with E-state index in [1.54, 1.807) is 0 Å². The van der Waals surface area contributed by atoms with Crippen molar-refractivity contribution in [3.63, 3.8) is 0 Å². The fourth-order valence-corrected chi connectivity index (χ4v) is 2.95. The molecule has 4 atom stereocenters. The number of nitrogens with one attached hydrogen (secondary N) is 2. The molecule has 0 radical (unpaired) electrons. The summed E-state index contributed by atoms with van der Waals surface area (Å²) in [5, 5.41) is 15.5. The molecule has 0 bridgehead atoms. The molecule has 3 N–H and O–H groups in total. The van der Waals surface area contributed by atoms with E-state index in [0.29, 0.717) is 24.8 Å². The molecule has 0 spiro atoms. The Bertz CT molecular complexity index is 257. The topological polar surface area (TPSA) is 61.4 Å². The number of fused-ring (bicyclic) bond motifs is 1. The van der Waals surface area contributed by atoms with Gasteiger partial charge in [-0.1, -0.05) is 13.3 Å². The minimum absolute atomic E-state index is 0.0171. The molecule has 1 aliphatic heterocycles. The summed E-state index contributed by atoms with van der Waals surface area (Å²) < 4.78 is 0. The van der Waals surface area contributed by atoms with Gasteiger partial charge in [0.15, 0.2) is 0 Å². The van der Waals surface area contributed by atoms with E-state index in [0.717, 1.165) is 6.54 Å². The smallest absolute Gasteiger partial charge is 0.237 e. The molecule has 1 aliphatic carbocycles. The highest BCUT2D eigenvalue weighted by Crippen LogP contribution is 2.37. The first-order chi connectivity index (χ1) is 7.72. The lowest BCUT2D eigenvalue weighted by Crippen LogP contribution is -2.45. The Balaban J connectivity index is 1.81.